The van der Waals surface area contributed by atoms with E-state index in [0.29, 0.717) is 12.1 Å². The number of amides is 1. The molecule has 1 aromatic carbocycles. The summed E-state index contributed by atoms with van der Waals surface area (Å²) >= 11 is 0. The van der Waals surface area contributed by atoms with Gasteiger partial charge in [-0.05, 0) is 30.7 Å². The molecule has 21 heavy (non-hydrogen) atoms. The summed E-state index contributed by atoms with van der Waals surface area (Å²) in [5, 5.41) is 15.3. The van der Waals surface area contributed by atoms with Crippen molar-refractivity contribution in [1.82, 2.24) is 15.1 Å². The summed E-state index contributed by atoms with van der Waals surface area (Å²) in [6.45, 7) is 2.20. The highest BCUT2D eigenvalue weighted by molar-refractivity contribution is 5.94. The third kappa shape index (κ3) is 3.94. The van der Waals surface area contributed by atoms with Gasteiger partial charge in [-0.25, -0.2) is 0 Å². The van der Waals surface area contributed by atoms with E-state index in [2.05, 4.69) is 22.0 Å². The summed E-state index contributed by atoms with van der Waals surface area (Å²) < 4.78 is 0. The van der Waals surface area contributed by atoms with E-state index in [9.17, 15) is 4.79 Å². The van der Waals surface area contributed by atoms with Gasteiger partial charge in [-0.1, -0.05) is 11.8 Å². The highest BCUT2D eigenvalue weighted by atomic mass is 16.2. The lowest BCUT2D eigenvalue weighted by atomic mass is 10.1. The maximum atomic E-state index is 12.4. The van der Waals surface area contributed by atoms with Crippen molar-refractivity contribution >= 4 is 5.91 Å². The Bertz CT molecular complexity index is 681. The number of benzene rings is 1. The van der Waals surface area contributed by atoms with Crippen molar-refractivity contribution in [1.29, 1.82) is 0 Å². The molecule has 2 aromatic rings. The third-order valence-corrected chi connectivity index (χ3v) is 2.96. The summed E-state index contributed by atoms with van der Waals surface area (Å²) in [6, 6.07) is 5.46. The van der Waals surface area contributed by atoms with Crippen LogP contribution in [0.25, 0.3) is 0 Å². The Morgan fingerprint density at radius 3 is 2.90 bits per heavy atom. The molecule has 0 aliphatic carbocycles. The van der Waals surface area contributed by atoms with E-state index in [1.165, 1.54) is 0 Å². The first-order valence-corrected chi connectivity index (χ1v) is 6.54. The molecule has 5 heteroatoms. The van der Waals surface area contributed by atoms with E-state index in [-0.39, 0.29) is 12.5 Å². The number of H-pyrrole nitrogens is 1. The van der Waals surface area contributed by atoms with Crippen molar-refractivity contribution in [2.75, 3.05) is 13.7 Å². The Hall–Kier alpha value is -2.58. The fourth-order valence-electron chi connectivity index (χ4n) is 2.05. The van der Waals surface area contributed by atoms with E-state index in [4.69, 9.17) is 5.11 Å². The molecule has 0 aliphatic rings. The molecule has 1 amide bonds. The normalized spacial score (nSPS) is 9.86. The maximum absolute atomic E-state index is 12.4. The van der Waals surface area contributed by atoms with Crippen LogP contribution in [0.5, 0.6) is 0 Å². The molecular formula is C16H17N3O2. The molecule has 0 aliphatic heterocycles. The highest BCUT2D eigenvalue weighted by Crippen LogP contribution is 2.12. The van der Waals surface area contributed by atoms with Gasteiger partial charge >= 0.3 is 0 Å². The molecule has 0 radical (unpaired) electrons. The number of rotatable bonds is 3. The molecule has 5 nitrogen and oxygen atoms in total. The van der Waals surface area contributed by atoms with Crippen molar-refractivity contribution in [3.63, 3.8) is 0 Å². The van der Waals surface area contributed by atoms with Crippen molar-refractivity contribution in [3.8, 4) is 11.8 Å². The average Bonchev–Trinajstić information content (AvgIpc) is 2.96. The number of hydrogen-bond acceptors (Lipinski definition) is 3. The van der Waals surface area contributed by atoms with Crippen molar-refractivity contribution in [2.45, 2.75) is 13.5 Å². The molecule has 0 atom stereocenters. The van der Waals surface area contributed by atoms with Gasteiger partial charge in [-0.2, -0.15) is 5.10 Å². The van der Waals surface area contributed by atoms with Crippen LogP contribution in [-0.4, -0.2) is 39.8 Å². The van der Waals surface area contributed by atoms with Crippen molar-refractivity contribution in [3.05, 3.63) is 52.8 Å². The lowest BCUT2D eigenvalue weighted by molar-refractivity contribution is 0.0785. The van der Waals surface area contributed by atoms with Crippen LogP contribution in [0.3, 0.4) is 0 Å². The molecule has 0 spiro atoms. The van der Waals surface area contributed by atoms with E-state index >= 15 is 0 Å². The van der Waals surface area contributed by atoms with Crippen molar-refractivity contribution < 1.29 is 9.90 Å². The molecule has 0 saturated carbocycles. The second kappa shape index (κ2) is 6.73. The Morgan fingerprint density at radius 2 is 2.24 bits per heavy atom. The van der Waals surface area contributed by atoms with Gasteiger partial charge in [0, 0.05) is 36.5 Å². The number of aliphatic hydroxyl groups is 1. The fraction of sp³-hybridized carbons (Fsp3) is 0.250. The topological polar surface area (TPSA) is 69.2 Å². The molecule has 2 N–H and O–H groups in total. The number of aliphatic hydroxyl groups excluding tert-OH is 1. The van der Waals surface area contributed by atoms with Gasteiger partial charge < -0.3 is 10.0 Å². The Balaban J connectivity index is 2.20. The lowest BCUT2D eigenvalue weighted by Gasteiger charge is -2.16. The first kappa shape index (κ1) is 14.8. The number of nitrogens with one attached hydrogen (secondary N) is 1. The molecule has 0 saturated heterocycles. The van der Waals surface area contributed by atoms with Gasteiger partial charge in [-0.3, -0.25) is 9.89 Å². The van der Waals surface area contributed by atoms with Crippen molar-refractivity contribution in [2.24, 2.45) is 0 Å². The first-order chi connectivity index (χ1) is 10.1. The number of hydrogen-bond donors (Lipinski definition) is 2. The number of carbonyl (C=O) groups excluding carboxylic acids is 1. The molecule has 0 bridgehead atoms. The van der Waals surface area contributed by atoms with Gasteiger partial charge in [0.15, 0.2) is 0 Å². The number of nitrogens with zero attached hydrogens (tertiary/aromatic N) is 2. The summed E-state index contributed by atoms with van der Waals surface area (Å²) in [7, 11) is 1.75. The van der Waals surface area contributed by atoms with Gasteiger partial charge in [-0.15, -0.1) is 0 Å². The standard InChI is InChI=1S/C16H17N3O2/c1-12-6-13(4-3-5-20)8-15(7-12)16(21)19(2)11-14-9-17-18-10-14/h6-10,20H,5,11H2,1-2H3,(H,17,18). The molecule has 108 valence electrons. The van der Waals surface area contributed by atoms with Crippen LogP contribution in [0.2, 0.25) is 0 Å². The quantitative estimate of drug-likeness (QED) is 0.835. The minimum Gasteiger partial charge on any atom is -0.384 e. The number of aromatic nitrogens is 2. The van der Waals surface area contributed by atoms with Gasteiger partial charge in [0.1, 0.15) is 6.61 Å². The highest BCUT2D eigenvalue weighted by Gasteiger charge is 2.13. The SMILES string of the molecule is Cc1cc(C#CCO)cc(C(=O)N(C)Cc2cn[nH]c2)c1. The Labute approximate surface area is 123 Å². The van der Waals surface area contributed by atoms with Crippen LogP contribution in [0.4, 0.5) is 0 Å². The minimum absolute atomic E-state index is 0.0769. The van der Waals surface area contributed by atoms with E-state index in [0.717, 1.165) is 16.7 Å². The first-order valence-electron chi connectivity index (χ1n) is 6.54. The predicted octanol–water partition coefficient (Wildman–Crippen LogP) is 1.33. The second-order valence-electron chi connectivity index (χ2n) is 4.82. The van der Waals surface area contributed by atoms with Crippen LogP contribution in [0.1, 0.15) is 27.0 Å². The Morgan fingerprint density at radius 1 is 1.43 bits per heavy atom. The zero-order chi connectivity index (χ0) is 15.2. The minimum atomic E-state index is -0.197. The number of aromatic amines is 1. The molecule has 2 rings (SSSR count). The molecule has 0 fully saturated rings. The van der Waals surface area contributed by atoms with Crippen LogP contribution >= 0.6 is 0 Å². The molecule has 1 aromatic heterocycles. The zero-order valence-corrected chi connectivity index (χ0v) is 12.1. The molecular weight excluding hydrogens is 266 g/mol. The van der Waals surface area contributed by atoms with Crippen LogP contribution in [0.15, 0.2) is 30.6 Å². The van der Waals surface area contributed by atoms with Crippen LogP contribution < -0.4 is 0 Å². The van der Waals surface area contributed by atoms with Gasteiger partial charge in [0.2, 0.25) is 0 Å². The Kier molecular flexibility index (Phi) is 4.75. The zero-order valence-electron chi connectivity index (χ0n) is 12.1. The van der Waals surface area contributed by atoms with Gasteiger partial charge in [0.05, 0.1) is 6.20 Å². The van der Waals surface area contributed by atoms with E-state index < -0.39 is 0 Å². The summed E-state index contributed by atoms with van der Waals surface area (Å²) in [5.74, 6) is 5.34. The number of aryl methyl sites for hydroxylation is 1. The van der Waals surface area contributed by atoms with Gasteiger partial charge in [0.25, 0.3) is 5.91 Å². The fourth-order valence-corrected chi connectivity index (χ4v) is 2.05. The number of carbonyl (C=O) groups is 1. The van der Waals surface area contributed by atoms with E-state index in [1.54, 1.807) is 30.4 Å². The summed E-state index contributed by atoms with van der Waals surface area (Å²) in [6.07, 6.45) is 3.45. The average molecular weight is 283 g/mol. The maximum Gasteiger partial charge on any atom is 0.253 e. The second-order valence-corrected chi connectivity index (χ2v) is 4.82. The predicted molar refractivity (Wildman–Crippen MR) is 79.5 cm³/mol. The summed E-state index contributed by atoms with van der Waals surface area (Å²) in [5.41, 5.74) is 3.21. The third-order valence-electron chi connectivity index (χ3n) is 2.96. The van der Waals surface area contributed by atoms with Crippen LogP contribution in [0, 0.1) is 18.8 Å². The molecule has 1 heterocycles. The monoisotopic (exact) mass is 283 g/mol. The molecule has 0 unspecified atom stereocenters. The van der Waals surface area contributed by atoms with E-state index in [1.807, 2.05) is 19.1 Å². The van der Waals surface area contributed by atoms with Crippen LogP contribution in [-0.2, 0) is 6.54 Å². The lowest BCUT2D eigenvalue weighted by Crippen LogP contribution is -2.26. The smallest absolute Gasteiger partial charge is 0.253 e. The summed E-state index contributed by atoms with van der Waals surface area (Å²) in [4.78, 5) is 14.1. The largest absolute Gasteiger partial charge is 0.384 e.